The van der Waals surface area contributed by atoms with E-state index in [1.54, 1.807) is 18.2 Å². The maximum Gasteiger partial charge on any atom is 0.238 e. The molecule has 1 aliphatic heterocycles. The SMILES string of the molecule is CC(=O)c1ccccc1NC(=O)CN1CCN(Cc2cn3ccccc3n2)CC1. The van der Waals surface area contributed by atoms with Crippen LogP contribution in [0.5, 0.6) is 0 Å². The molecule has 29 heavy (non-hydrogen) atoms. The van der Waals surface area contributed by atoms with Gasteiger partial charge in [-0.1, -0.05) is 18.2 Å². The molecule has 0 spiro atoms. The zero-order valence-corrected chi connectivity index (χ0v) is 16.5. The number of hydrogen-bond donors (Lipinski definition) is 1. The molecule has 0 saturated carbocycles. The highest BCUT2D eigenvalue weighted by atomic mass is 16.2. The Hall–Kier alpha value is -3.03. The molecule has 1 saturated heterocycles. The first-order valence-corrected chi connectivity index (χ1v) is 9.85. The minimum Gasteiger partial charge on any atom is -0.324 e. The number of para-hydroxylation sites is 1. The summed E-state index contributed by atoms with van der Waals surface area (Å²) < 4.78 is 2.04. The molecule has 0 aliphatic carbocycles. The van der Waals surface area contributed by atoms with Crippen LogP contribution in [0.15, 0.2) is 54.9 Å². The Bertz CT molecular complexity index is 988. The number of hydrogen-bond acceptors (Lipinski definition) is 5. The first kappa shape index (κ1) is 19.3. The topological polar surface area (TPSA) is 70.0 Å². The molecule has 3 heterocycles. The molecule has 0 radical (unpaired) electrons. The number of anilines is 1. The number of Topliss-reactive ketones (excluding diaryl/α,β-unsaturated/α-hetero) is 1. The van der Waals surface area contributed by atoms with E-state index in [4.69, 9.17) is 0 Å². The molecule has 1 N–H and O–H groups in total. The normalized spacial score (nSPS) is 15.5. The van der Waals surface area contributed by atoms with Gasteiger partial charge >= 0.3 is 0 Å². The smallest absolute Gasteiger partial charge is 0.238 e. The van der Waals surface area contributed by atoms with E-state index in [1.165, 1.54) is 6.92 Å². The summed E-state index contributed by atoms with van der Waals surface area (Å²) in [7, 11) is 0. The van der Waals surface area contributed by atoms with Crippen molar-refractivity contribution in [2.45, 2.75) is 13.5 Å². The summed E-state index contributed by atoms with van der Waals surface area (Å²) >= 11 is 0. The first-order chi connectivity index (χ1) is 14.1. The van der Waals surface area contributed by atoms with Crippen molar-refractivity contribution in [2.24, 2.45) is 0 Å². The zero-order chi connectivity index (χ0) is 20.2. The maximum absolute atomic E-state index is 12.4. The number of pyridine rings is 1. The van der Waals surface area contributed by atoms with Crippen molar-refractivity contribution in [3.63, 3.8) is 0 Å². The fraction of sp³-hybridized carbons (Fsp3) is 0.318. The highest BCUT2D eigenvalue weighted by Gasteiger charge is 2.20. The lowest BCUT2D eigenvalue weighted by Gasteiger charge is -2.33. The van der Waals surface area contributed by atoms with Crippen molar-refractivity contribution in [3.05, 3.63) is 66.1 Å². The Morgan fingerprint density at radius 3 is 2.48 bits per heavy atom. The molecule has 7 nitrogen and oxygen atoms in total. The van der Waals surface area contributed by atoms with Crippen LogP contribution < -0.4 is 5.32 Å². The Balaban J connectivity index is 1.27. The predicted octanol–water partition coefficient (Wildman–Crippen LogP) is 2.29. The fourth-order valence-corrected chi connectivity index (χ4v) is 3.69. The minimum atomic E-state index is -0.0903. The number of ketones is 1. The maximum atomic E-state index is 12.4. The number of rotatable bonds is 6. The average molecular weight is 391 g/mol. The van der Waals surface area contributed by atoms with Gasteiger partial charge in [0.25, 0.3) is 0 Å². The van der Waals surface area contributed by atoms with Crippen LogP contribution in [0.25, 0.3) is 5.65 Å². The van der Waals surface area contributed by atoms with E-state index in [2.05, 4.69) is 26.3 Å². The average Bonchev–Trinajstić information content (AvgIpc) is 3.12. The lowest BCUT2D eigenvalue weighted by molar-refractivity contribution is -0.117. The number of piperazine rings is 1. The van der Waals surface area contributed by atoms with Gasteiger partial charge in [-0.25, -0.2) is 4.98 Å². The number of amides is 1. The molecule has 1 aromatic carbocycles. The molecule has 1 fully saturated rings. The van der Waals surface area contributed by atoms with Gasteiger partial charge in [-0.3, -0.25) is 19.4 Å². The molecule has 1 amide bonds. The number of carbonyl (C=O) groups is 2. The van der Waals surface area contributed by atoms with Gasteiger partial charge in [0.1, 0.15) is 5.65 Å². The highest BCUT2D eigenvalue weighted by molar-refractivity contribution is 6.04. The summed E-state index contributed by atoms with van der Waals surface area (Å²) in [6.45, 7) is 6.09. The summed E-state index contributed by atoms with van der Waals surface area (Å²) in [6, 6.07) is 13.1. The second-order valence-electron chi connectivity index (χ2n) is 7.40. The number of fused-ring (bicyclic) bond motifs is 1. The van der Waals surface area contributed by atoms with Crippen LogP contribution in [0.4, 0.5) is 5.69 Å². The lowest BCUT2D eigenvalue weighted by Crippen LogP contribution is -2.48. The summed E-state index contributed by atoms with van der Waals surface area (Å²) in [5.74, 6) is -0.144. The fourth-order valence-electron chi connectivity index (χ4n) is 3.69. The summed E-state index contributed by atoms with van der Waals surface area (Å²) in [5.41, 5.74) is 3.14. The van der Waals surface area contributed by atoms with E-state index in [0.717, 1.165) is 44.1 Å². The third-order valence-corrected chi connectivity index (χ3v) is 5.21. The Morgan fingerprint density at radius 1 is 1.00 bits per heavy atom. The molecule has 3 aromatic rings. The summed E-state index contributed by atoms with van der Waals surface area (Å²) in [4.78, 5) is 33.3. The number of imidazole rings is 1. The molecular weight excluding hydrogens is 366 g/mol. The van der Waals surface area contributed by atoms with Gasteiger partial charge in [0.05, 0.1) is 17.9 Å². The van der Waals surface area contributed by atoms with Gasteiger partial charge < -0.3 is 9.72 Å². The van der Waals surface area contributed by atoms with Crippen molar-refractivity contribution in [3.8, 4) is 0 Å². The van der Waals surface area contributed by atoms with Gasteiger partial charge in [-0.05, 0) is 31.2 Å². The molecule has 2 aromatic heterocycles. The number of nitrogens with zero attached hydrogens (tertiary/aromatic N) is 4. The van der Waals surface area contributed by atoms with E-state index >= 15 is 0 Å². The van der Waals surface area contributed by atoms with E-state index in [1.807, 2.05) is 34.9 Å². The van der Waals surface area contributed by atoms with Crippen LogP contribution in [0.3, 0.4) is 0 Å². The zero-order valence-electron chi connectivity index (χ0n) is 16.5. The third kappa shape index (κ3) is 4.70. The van der Waals surface area contributed by atoms with E-state index in [-0.39, 0.29) is 11.7 Å². The molecular formula is C22H25N5O2. The number of nitrogens with one attached hydrogen (secondary N) is 1. The van der Waals surface area contributed by atoms with Crippen LogP contribution in [-0.4, -0.2) is 63.6 Å². The number of carbonyl (C=O) groups excluding carboxylic acids is 2. The Kier molecular flexibility index (Phi) is 5.69. The summed E-state index contributed by atoms with van der Waals surface area (Å²) in [5, 5.41) is 2.88. The van der Waals surface area contributed by atoms with Gasteiger partial charge in [-0.2, -0.15) is 0 Å². The molecule has 4 rings (SSSR count). The highest BCUT2D eigenvalue weighted by Crippen LogP contribution is 2.16. The molecule has 7 heteroatoms. The molecule has 150 valence electrons. The Labute approximate surface area is 169 Å². The van der Waals surface area contributed by atoms with E-state index in [0.29, 0.717) is 17.8 Å². The molecule has 0 unspecified atom stereocenters. The van der Waals surface area contributed by atoms with Crippen molar-refractivity contribution >= 4 is 23.0 Å². The second-order valence-corrected chi connectivity index (χ2v) is 7.40. The predicted molar refractivity (Wildman–Crippen MR) is 112 cm³/mol. The van der Waals surface area contributed by atoms with Crippen molar-refractivity contribution in [1.29, 1.82) is 0 Å². The van der Waals surface area contributed by atoms with Crippen LogP contribution in [-0.2, 0) is 11.3 Å². The van der Waals surface area contributed by atoms with E-state index < -0.39 is 0 Å². The van der Waals surface area contributed by atoms with Crippen molar-refractivity contribution in [2.75, 3.05) is 38.0 Å². The summed E-state index contributed by atoms with van der Waals surface area (Å²) in [6.07, 6.45) is 4.08. The lowest BCUT2D eigenvalue weighted by atomic mass is 10.1. The van der Waals surface area contributed by atoms with Crippen molar-refractivity contribution < 1.29 is 9.59 Å². The molecule has 1 aliphatic rings. The monoisotopic (exact) mass is 391 g/mol. The molecule has 0 atom stereocenters. The van der Waals surface area contributed by atoms with Crippen molar-refractivity contribution in [1.82, 2.24) is 19.2 Å². The van der Waals surface area contributed by atoms with Crippen LogP contribution in [0.2, 0.25) is 0 Å². The standard InChI is InChI=1S/C22H25N5O2/c1-17(28)19-6-2-3-7-20(19)24-22(29)16-26-12-10-25(11-13-26)14-18-15-27-9-5-4-8-21(27)23-18/h2-9,15H,10-14,16H2,1H3,(H,24,29). The van der Waals surface area contributed by atoms with Gasteiger partial charge in [-0.15, -0.1) is 0 Å². The van der Waals surface area contributed by atoms with Gasteiger partial charge in [0.15, 0.2) is 5.78 Å². The first-order valence-electron chi connectivity index (χ1n) is 9.85. The van der Waals surface area contributed by atoms with Crippen LogP contribution in [0, 0.1) is 0 Å². The van der Waals surface area contributed by atoms with Crippen LogP contribution in [0.1, 0.15) is 23.0 Å². The quantitative estimate of drug-likeness (QED) is 0.653. The minimum absolute atomic E-state index is 0.0542. The second kappa shape index (κ2) is 8.55. The van der Waals surface area contributed by atoms with Gasteiger partial charge in [0.2, 0.25) is 5.91 Å². The van der Waals surface area contributed by atoms with E-state index in [9.17, 15) is 9.59 Å². The van der Waals surface area contributed by atoms with Gasteiger partial charge in [0, 0.05) is 50.7 Å². The Morgan fingerprint density at radius 2 is 1.72 bits per heavy atom. The number of aromatic nitrogens is 2. The third-order valence-electron chi connectivity index (χ3n) is 5.21. The largest absolute Gasteiger partial charge is 0.324 e. The molecule has 0 bridgehead atoms. The van der Waals surface area contributed by atoms with Crippen LogP contribution >= 0.6 is 0 Å². The number of benzene rings is 1.